The molecule has 2 saturated heterocycles. The molecular weight excluding hydrogens is 771 g/mol. The highest BCUT2D eigenvalue weighted by Crippen LogP contribution is 2.45. The van der Waals surface area contributed by atoms with E-state index in [1.54, 1.807) is 27.6 Å². The van der Waals surface area contributed by atoms with Crippen molar-refractivity contribution in [1.82, 2.24) is 30.4 Å². The second-order valence-corrected chi connectivity index (χ2v) is 17.3. The molecule has 0 radical (unpaired) electrons. The number of rotatable bonds is 12. The summed E-state index contributed by atoms with van der Waals surface area (Å²) in [4.78, 5) is 68.3. The number of carbonyl (C=O) groups is 4. The second kappa shape index (κ2) is 16.8. The Bertz CT molecular complexity index is 2400. The number of H-pyrrole nitrogens is 1. The summed E-state index contributed by atoms with van der Waals surface area (Å²) in [6, 6.07) is 16.1. The van der Waals surface area contributed by atoms with Gasteiger partial charge in [0.1, 0.15) is 24.5 Å². The van der Waals surface area contributed by atoms with Crippen LogP contribution in [0.1, 0.15) is 81.9 Å². The number of aliphatic hydroxyl groups excluding tert-OH is 1. The first kappa shape index (κ1) is 39.4. The van der Waals surface area contributed by atoms with Crippen molar-refractivity contribution in [2.45, 2.75) is 77.0 Å². The molecule has 4 atom stereocenters. The van der Waals surface area contributed by atoms with Crippen LogP contribution >= 0.6 is 22.7 Å². The number of fused-ring (bicyclic) bond motifs is 1. The van der Waals surface area contributed by atoms with Crippen LogP contribution in [0.3, 0.4) is 0 Å². The molecular formula is C44H47N7O5S2. The number of hydrogen-bond donors (Lipinski definition) is 4. The summed E-state index contributed by atoms with van der Waals surface area (Å²) in [6.07, 6.45) is 7.78. The molecule has 0 aliphatic carbocycles. The largest absolute Gasteiger partial charge is 0.387 e. The van der Waals surface area contributed by atoms with Gasteiger partial charge in [-0.1, -0.05) is 68.4 Å². The number of aromatic amines is 1. The zero-order valence-corrected chi connectivity index (χ0v) is 34.4. The first-order chi connectivity index (χ1) is 28.1. The average molecular weight is 818 g/mol. The summed E-state index contributed by atoms with van der Waals surface area (Å²) in [5.41, 5.74) is 8.23. The monoisotopic (exact) mass is 817 g/mol. The van der Waals surface area contributed by atoms with E-state index in [2.05, 4.69) is 50.6 Å². The Balaban J connectivity index is 0.938. The van der Waals surface area contributed by atoms with Gasteiger partial charge < -0.3 is 30.5 Å². The van der Waals surface area contributed by atoms with E-state index in [0.717, 1.165) is 59.4 Å². The quantitative estimate of drug-likeness (QED) is 0.108. The topological polar surface area (TPSA) is 160 Å². The number of aliphatic imine (C=N–C) groups is 1. The van der Waals surface area contributed by atoms with Crippen molar-refractivity contribution in [1.29, 1.82) is 0 Å². The first-order valence-corrected chi connectivity index (χ1v) is 21.6. The van der Waals surface area contributed by atoms with Crippen LogP contribution in [0.2, 0.25) is 0 Å². The Morgan fingerprint density at radius 3 is 2.21 bits per heavy atom. The molecule has 0 saturated carbocycles. The van der Waals surface area contributed by atoms with Crippen LogP contribution in [0.5, 0.6) is 0 Å². The van der Waals surface area contributed by atoms with Crippen LogP contribution in [0, 0.1) is 5.92 Å². The predicted octanol–water partition coefficient (Wildman–Crippen LogP) is 6.87. The summed E-state index contributed by atoms with van der Waals surface area (Å²) >= 11 is 3.47. The molecule has 6 heterocycles. The van der Waals surface area contributed by atoms with Gasteiger partial charge in [0, 0.05) is 60.2 Å². The highest BCUT2D eigenvalue weighted by atomic mass is 32.1. The fourth-order valence-corrected chi connectivity index (χ4v) is 10.9. The summed E-state index contributed by atoms with van der Waals surface area (Å²) in [5, 5.41) is 19.2. The number of hydrogen-bond acceptors (Lipinski definition) is 9. The van der Waals surface area contributed by atoms with Crippen molar-refractivity contribution >= 4 is 67.0 Å². The molecule has 14 heteroatoms. The lowest BCUT2D eigenvalue weighted by Gasteiger charge is -2.30. The van der Waals surface area contributed by atoms with Crippen molar-refractivity contribution in [3.8, 4) is 22.4 Å². The zero-order valence-electron chi connectivity index (χ0n) is 32.7. The van der Waals surface area contributed by atoms with Crippen LogP contribution in [0.25, 0.3) is 37.4 Å². The van der Waals surface area contributed by atoms with Gasteiger partial charge in [0.25, 0.3) is 0 Å². The van der Waals surface area contributed by atoms with Crippen LogP contribution in [-0.2, 0) is 19.2 Å². The lowest BCUT2D eigenvalue weighted by molar-refractivity contribution is -0.139. The maximum atomic E-state index is 13.9. The number of likely N-dealkylation sites (tertiary alicyclic amines) is 2. The highest BCUT2D eigenvalue weighted by molar-refractivity contribution is 7.27. The Labute approximate surface area is 345 Å². The van der Waals surface area contributed by atoms with E-state index >= 15 is 0 Å². The van der Waals surface area contributed by atoms with Gasteiger partial charge in [-0.15, -0.1) is 22.7 Å². The maximum Gasteiger partial charge on any atom is 0.250 e. The van der Waals surface area contributed by atoms with Gasteiger partial charge in [-0.3, -0.25) is 24.2 Å². The molecule has 3 aliphatic rings. The summed E-state index contributed by atoms with van der Waals surface area (Å²) in [6.45, 7) is 5.75. The highest BCUT2D eigenvalue weighted by Gasteiger charge is 2.39. The predicted molar refractivity (Wildman–Crippen MR) is 228 cm³/mol. The molecule has 300 valence electrons. The number of amides is 4. The van der Waals surface area contributed by atoms with Crippen LogP contribution in [-0.4, -0.2) is 86.0 Å². The Morgan fingerprint density at radius 1 is 0.862 bits per heavy atom. The number of aromatic nitrogens is 2. The van der Waals surface area contributed by atoms with Gasteiger partial charge in [0.15, 0.2) is 0 Å². The van der Waals surface area contributed by atoms with Crippen LogP contribution in [0.15, 0.2) is 82.7 Å². The average Bonchev–Trinajstić information content (AvgIpc) is 4.08. The number of nitrogens with zero attached hydrogens (tertiary/aromatic N) is 4. The van der Waals surface area contributed by atoms with Crippen molar-refractivity contribution in [3.63, 3.8) is 0 Å². The van der Waals surface area contributed by atoms with Crippen LogP contribution in [0.4, 0.5) is 0 Å². The zero-order chi connectivity index (χ0) is 40.5. The normalized spacial score (nSPS) is 19.1. The van der Waals surface area contributed by atoms with E-state index in [0.29, 0.717) is 25.3 Å². The van der Waals surface area contributed by atoms with E-state index in [9.17, 15) is 24.3 Å². The summed E-state index contributed by atoms with van der Waals surface area (Å²) in [5.74, 6) is -0.491. The van der Waals surface area contributed by atoms with Gasteiger partial charge in [0.05, 0.1) is 33.4 Å². The molecule has 2 fully saturated rings. The van der Waals surface area contributed by atoms with Crippen molar-refractivity contribution < 1.29 is 24.3 Å². The van der Waals surface area contributed by atoms with Gasteiger partial charge in [-0.05, 0) is 53.9 Å². The minimum atomic E-state index is -0.736. The second-order valence-electron chi connectivity index (χ2n) is 15.5. The number of allylic oxidation sites excluding steroid dienone is 1. The third-order valence-electron chi connectivity index (χ3n) is 11.4. The molecule has 5 aromatic rings. The summed E-state index contributed by atoms with van der Waals surface area (Å²) < 4.78 is 2.45. The number of aliphatic hydroxyl groups is 1. The third kappa shape index (κ3) is 7.75. The van der Waals surface area contributed by atoms with E-state index in [4.69, 9.17) is 9.98 Å². The van der Waals surface area contributed by atoms with Crippen LogP contribution < -0.4 is 10.6 Å². The smallest absolute Gasteiger partial charge is 0.250 e. The number of imidazole rings is 1. The molecule has 3 aliphatic heterocycles. The lowest BCUT2D eigenvalue weighted by Crippen LogP contribution is -2.51. The standard InChI is InChI=1S/C44H47N7O5S2/c1-25(2)38(49-37(54)22-52)43(55)51-18-8-12-36(51)42-46-21-34(48-42)28-15-13-27(14-16-28)31-23-57-41-32(24-58-40(31)41)30-19-33(45-20-30)35-11-7-17-50(35)44(56)39(47-26(3)53)29-9-5-4-6-10-29/h4-6,9-10,13-16,20-21,23-25,35-36,38-39,52H,7-8,11-12,17-19,22H2,1-3H3,(H,46,48)(H,47,53)(H,49,54)/t35?,36-,38-,39+/m0/s1. The van der Waals surface area contributed by atoms with Gasteiger partial charge in [-0.2, -0.15) is 0 Å². The number of carbonyl (C=O) groups excluding carboxylic acids is 4. The molecule has 2 aromatic carbocycles. The third-order valence-corrected chi connectivity index (χ3v) is 13.5. The van der Waals surface area contributed by atoms with Gasteiger partial charge in [-0.25, -0.2) is 4.98 Å². The fraction of sp³-hybridized carbons (Fsp3) is 0.364. The van der Waals surface area contributed by atoms with Crippen molar-refractivity contribution in [2.24, 2.45) is 10.9 Å². The van der Waals surface area contributed by atoms with Gasteiger partial charge in [0.2, 0.25) is 23.6 Å². The van der Waals surface area contributed by atoms with E-state index in [-0.39, 0.29) is 35.7 Å². The molecule has 1 unspecified atom stereocenters. The van der Waals surface area contributed by atoms with Crippen molar-refractivity contribution in [2.75, 3.05) is 19.7 Å². The molecule has 3 aromatic heterocycles. The summed E-state index contributed by atoms with van der Waals surface area (Å²) in [7, 11) is 0. The molecule has 4 amide bonds. The Hall–Kier alpha value is -5.44. The van der Waals surface area contributed by atoms with E-state index in [1.807, 2.05) is 61.5 Å². The van der Waals surface area contributed by atoms with Gasteiger partial charge >= 0.3 is 0 Å². The minimum Gasteiger partial charge on any atom is -0.387 e. The number of nitrogens with one attached hydrogen (secondary N) is 3. The minimum absolute atomic E-state index is 0.102. The first-order valence-electron chi connectivity index (χ1n) is 19.8. The maximum absolute atomic E-state index is 13.9. The molecule has 58 heavy (non-hydrogen) atoms. The molecule has 8 rings (SSSR count). The SMILES string of the molecule is CC(=O)N[C@@H](C(=O)N1CCCC1C1=NC=C(c2csc3c(-c4ccc(-c5cnc([C@@H]6CCCN6C(=O)[C@@H](NC(=O)CO)C(C)C)[nH]5)cc4)csc23)C1)c1ccccc1. The lowest BCUT2D eigenvalue weighted by atomic mass is 9.98. The molecule has 0 bridgehead atoms. The number of thiophene rings is 2. The van der Waals surface area contributed by atoms with E-state index in [1.165, 1.54) is 27.5 Å². The molecule has 4 N–H and O–H groups in total. The fourth-order valence-electron chi connectivity index (χ4n) is 8.45. The Kier molecular flexibility index (Phi) is 11.4. The van der Waals surface area contributed by atoms with E-state index < -0.39 is 24.6 Å². The molecule has 0 spiro atoms. The molecule has 12 nitrogen and oxygen atoms in total. The number of benzene rings is 2. The Morgan fingerprint density at radius 2 is 1.52 bits per heavy atom. The van der Waals surface area contributed by atoms with Crippen molar-refractivity contribution in [3.05, 3.63) is 94.7 Å².